The third kappa shape index (κ3) is 4.04. The van der Waals surface area contributed by atoms with E-state index in [1.165, 1.54) is 5.56 Å². The largest absolute Gasteiger partial charge is 0.369 e. The van der Waals surface area contributed by atoms with Gasteiger partial charge in [0.05, 0.1) is 17.8 Å². The number of hydrogen-bond donors (Lipinski definition) is 2. The number of nitrogens with one attached hydrogen (secondary N) is 1. The lowest BCUT2D eigenvalue weighted by molar-refractivity contribution is 0.474. The van der Waals surface area contributed by atoms with E-state index in [2.05, 4.69) is 24.4 Å². The van der Waals surface area contributed by atoms with Crippen LogP contribution in [0.15, 0.2) is 29.3 Å². The molecule has 3 N–H and O–H groups in total. The summed E-state index contributed by atoms with van der Waals surface area (Å²) in [6.07, 6.45) is 1.01. The second-order valence-corrected chi connectivity index (χ2v) is 6.16. The number of benzene rings is 1. The summed E-state index contributed by atoms with van der Waals surface area (Å²) >= 11 is 6.24. The van der Waals surface area contributed by atoms with Crippen molar-refractivity contribution in [3.8, 4) is 0 Å². The lowest BCUT2D eigenvalue weighted by Gasteiger charge is -2.20. The molecule has 2 fully saturated rings. The van der Waals surface area contributed by atoms with Gasteiger partial charge in [0.25, 0.3) is 0 Å². The third-order valence-corrected chi connectivity index (χ3v) is 4.73. The standard InChI is InChI=1S/C15H20ClN3.2ClH/c1-9-5-12(19-15-13(9)14(15)16)18-8-11-4-2-3-10(6-11)7-17;;/h2-4,6,9,13-15H,5,7-8,17H2,1H3,(H,18,19);2*1H/t9?,13-,14?,15+;;/m1../s1. The summed E-state index contributed by atoms with van der Waals surface area (Å²) in [6.45, 7) is 3.57. The molecule has 0 amide bonds. The van der Waals surface area contributed by atoms with Crippen LogP contribution in [0.3, 0.4) is 0 Å². The van der Waals surface area contributed by atoms with Gasteiger partial charge in [-0.2, -0.15) is 0 Å². The number of rotatable bonds is 3. The number of piperidine rings is 1. The van der Waals surface area contributed by atoms with Crippen molar-refractivity contribution >= 4 is 42.3 Å². The van der Waals surface area contributed by atoms with Crippen molar-refractivity contribution in [3.05, 3.63) is 35.4 Å². The summed E-state index contributed by atoms with van der Waals surface area (Å²) in [5.74, 6) is 2.39. The van der Waals surface area contributed by atoms with Crippen molar-refractivity contribution in [1.29, 1.82) is 0 Å². The molecular formula is C15H22Cl3N3. The summed E-state index contributed by atoms with van der Waals surface area (Å²) < 4.78 is 0. The van der Waals surface area contributed by atoms with Crippen molar-refractivity contribution < 1.29 is 0 Å². The predicted molar refractivity (Wildman–Crippen MR) is 93.8 cm³/mol. The number of halogens is 3. The first-order valence-corrected chi connectivity index (χ1v) is 7.34. The van der Waals surface area contributed by atoms with E-state index in [9.17, 15) is 0 Å². The molecule has 2 unspecified atom stereocenters. The Kier molecular flexibility index (Phi) is 6.79. The van der Waals surface area contributed by atoms with E-state index in [4.69, 9.17) is 22.3 Å². The van der Waals surface area contributed by atoms with Gasteiger partial charge >= 0.3 is 0 Å². The van der Waals surface area contributed by atoms with Crippen molar-refractivity contribution in [2.45, 2.75) is 37.9 Å². The Bertz CT molecular complexity index is 497. The van der Waals surface area contributed by atoms with Gasteiger partial charge in [-0.1, -0.05) is 31.2 Å². The second kappa shape index (κ2) is 7.68. The molecule has 0 spiro atoms. The molecule has 0 radical (unpaired) electrons. The van der Waals surface area contributed by atoms with E-state index in [0.717, 1.165) is 17.8 Å². The van der Waals surface area contributed by atoms with Gasteiger partial charge in [0.2, 0.25) is 0 Å². The Morgan fingerprint density at radius 3 is 2.71 bits per heavy atom. The molecule has 1 aromatic carbocycles. The molecule has 3 rings (SSSR count). The molecule has 1 saturated carbocycles. The number of fused-ring (bicyclic) bond motifs is 1. The lowest BCUT2D eigenvalue weighted by atomic mass is 9.98. The minimum atomic E-state index is 0. The van der Waals surface area contributed by atoms with Gasteiger partial charge in [-0.25, -0.2) is 0 Å². The highest BCUT2D eigenvalue weighted by Crippen LogP contribution is 2.46. The Balaban J connectivity index is 0.00000110. The second-order valence-electron chi connectivity index (χ2n) is 5.66. The molecule has 6 heteroatoms. The van der Waals surface area contributed by atoms with Gasteiger partial charge < -0.3 is 11.1 Å². The minimum Gasteiger partial charge on any atom is -0.369 e. The minimum absolute atomic E-state index is 0. The van der Waals surface area contributed by atoms with E-state index >= 15 is 0 Å². The van der Waals surface area contributed by atoms with Gasteiger partial charge in [0.1, 0.15) is 0 Å². The topological polar surface area (TPSA) is 50.4 Å². The highest BCUT2D eigenvalue weighted by molar-refractivity contribution is 6.24. The van der Waals surface area contributed by atoms with Crippen molar-refractivity contribution in [1.82, 2.24) is 5.32 Å². The zero-order chi connectivity index (χ0) is 13.4. The third-order valence-electron chi connectivity index (χ3n) is 4.17. The van der Waals surface area contributed by atoms with Crippen LogP contribution in [0.25, 0.3) is 0 Å². The molecule has 1 aliphatic carbocycles. The van der Waals surface area contributed by atoms with Crippen molar-refractivity contribution in [2.75, 3.05) is 0 Å². The maximum absolute atomic E-state index is 6.24. The molecule has 3 nitrogen and oxygen atoms in total. The molecule has 0 bridgehead atoms. The number of nitrogens with two attached hydrogens (primary N) is 1. The molecule has 1 saturated heterocycles. The van der Waals surface area contributed by atoms with Crippen molar-refractivity contribution in [3.63, 3.8) is 0 Å². The molecular weight excluding hydrogens is 329 g/mol. The predicted octanol–water partition coefficient (Wildman–Crippen LogP) is 3.12. The Hall–Kier alpha value is -0.480. The van der Waals surface area contributed by atoms with Gasteiger partial charge in [-0.3, -0.25) is 4.99 Å². The SMILES string of the molecule is CC1CC(=NCc2cccc(CN)c2)N[C@@H]2C(Cl)[C@@H]12.Cl.Cl. The van der Waals surface area contributed by atoms with Crippen LogP contribution >= 0.6 is 36.4 Å². The zero-order valence-corrected chi connectivity index (χ0v) is 14.3. The Morgan fingerprint density at radius 1 is 1.33 bits per heavy atom. The molecule has 1 heterocycles. The van der Waals surface area contributed by atoms with Gasteiger partial charge in [-0.05, 0) is 17.0 Å². The number of alkyl halides is 1. The maximum Gasteiger partial charge on any atom is 0.0972 e. The number of hydrogen-bond acceptors (Lipinski definition) is 2. The van der Waals surface area contributed by atoms with Crippen LogP contribution < -0.4 is 11.1 Å². The van der Waals surface area contributed by atoms with Crippen LogP contribution in [-0.2, 0) is 13.1 Å². The fourth-order valence-corrected chi connectivity index (χ4v) is 3.54. The average molecular weight is 351 g/mol. The fraction of sp³-hybridized carbons (Fsp3) is 0.533. The number of nitrogens with zero attached hydrogens (tertiary/aromatic N) is 1. The van der Waals surface area contributed by atoms with E-state index in [0.29, 0.717) is 36.3 Å². The molecule has 1 aromatic rings. The van der Waals surface area contributed by atoms with Crippen LogP contribution in [0, 0.1) is 11.8 Å². The van der Waals surface area contributed by atoms with Crippen LogP contribution in [0.4, 0.5) is 0 Å². The van der Waals surface area contributed by atoms with E-state index in [-0.39, 0.29) is 24.8 Å². The van der Waals surface area contributed by atoms with E-state index < -0.39 is 0 Å². The molecule has 0 aromatic heterocycles. The van der Waals surface area contributed by atoms with Crippen LogP contribution in [-0.4, -0.2) is 17.3 Å². The van der Waals surface area contributed by atoms with Gasteiger partial charge in [0.15, 0.2) is 0 Å². The lowest BCUT2D eigenvalue weighted by Crippen LogP contribution is -2.34. The molecule has 118 valence electrons. The Morgan fingerprint density at radius 2 is 2.05 bits per heavy atom. The first-order valence-electron chi connectivity index (χ1n) is 6.91. The smallest absolute Gasteiger partial charge is 0.0972 e. The van der Waals surface area contributed by atoms with Gasteiger partial charge in [-0.15, -0.1) is 36.4 Å². The van der Waals surface area contributed by atoms with Gasteiger partial charge in [0, 0.05) is 24.9 Å². The monoisotopic (exact) mass is 349 g/mol. The number of amidine groups is 1. The molecule has 2 aliphatic rings. The quantitative estimate of drug-likeness (QED) is 0.823. The van der Waals surface area contributed by atoms with Crippen LogP contribution in [0.2, 0.25) is 0 Å². The van der Waals surface area contributed by atoms with Crippen molar-refractivity contribution in [2.24, 2.45) is 22.6 Å². The normalized spacial score (nSPS) is 31.5. The number of aliphatic imine (C=N–C) groups is 1. The van der Waals surface area contributed by atoms with E-state index in [1.54, 1.807) is 0 Å². The average Bonchev–Trinajstić information content (AvgIpc) is 3.08. The summed E-state index contributed by atoms with van der Waals surface area (Å²) in [7, 11) is 0. The maximum atomic E-state index is 6.24. The zero-order valence-electron chi connectivity index (χ0n) is 12.0. The fourth-order valence-electron chi connectivity index (χ4n) is 2.98. The van der Waals surface area contributed by atoms with E-state index in [1.807, 2.05) is 12.1 Å². The summed E-state index contributed by atoms with van der Waals surface area (Å²) in [5, 5.41) is 3.76. The molecule has 1 aliphatic heterocycles. The highest BCUT2D eigenvalue weighted by Gasteiger charge is 2.55. The summed E-state index contributed by atoms with van der Waals surface area (Å²) in [4.78, 5) is 4.70. The van der Waals surface area contributed by atoms with Crippen LogP contribution in [0.1, 0.15) is 24.5 Å². The molecule has 4 atom stereocenters. The molecule has 21 heavy (non-hydrogen) atoms. The first kappa shape index (κ1) is 18.6. The summed E-state index contributed by atoms with van der Waals surface area (Å²) in [6, 6.07) is 8.75. The summed E-state index contributed by atoms with van der Waals surface area (Å²) in [5.41, 5.74) is 8.02. The Labute approximate surface area is 143 Å². The highest BCUT2D eigenvalue weighted by atomic mass is 35.5. The first-order chi connectivity index (χ1) is 9.19. The van der Waals surface area contributed by atoms with Crippen LogP contribution in [0.5, 0.6) is 0 Å².